The number of amides is 2. The third-order valence-electron chi connectivity index (χ3n) is 7.65. The molecule has 1 atom stereocenters. The van der Waals surface area contributed by atoms with Gasteiger partial charge in [-0.05, 0) is 68.1 Å². The highest BCUT2D eigenvalue weighted by atomic mass is 16.4. The summed E-state index contributed by atoms with van der Waals surface area (Å²) in [7, 11) is 3.47. The lowest BCUT2D eigenvalue weighted by atomic mass is 9.79. The number of hydrogen-bond acceptors (Lipinski definition) is 6. The van der Waals surface area contributed by atoms with Crippen molar-refractivity contribution in [3.8, 4) is 0 Å². The molecule has 0 bridgehead atoms. The first-order chi connectivity index (χ1) is 19.0. The second kappa shape index (κ2) is 11.8. The Morgan fingerprint density at radius 2 is 1.80 bits per heavy atom. The van der Waals surface area contributed by atoms with E-state index >= 15 is 0 Å². The quantitative estimate of drug-likeness (QED) is 0.173. The minimum Gasteiger partial charge on any atom is -0.481 e. The van der Waals surface area contributed by atoms with E-state index in [2.05, 4.69) is 5.32 Å². The summed E-state index contributed by atoms with van der Waals surface area (Å²) in [5.74, 6) is -1.02. The Labute approximate surface area is 233 Å². The number of piperidine rings is 1. The number of carbonyl (C=O) groups excluding carboxylic acids is 2. The maximum Gasteiger partial charge on any atom is 0.312 e. The molecule has 11 nitrogen and oxygen atoms in total. The van der Waals surface area contributed by atoms with Crippen LogP contribution in [0.1, 0.15) is 49.6 Å². The minimum absolute atomic E-state index is 0.0147. The molecule has 1 aliphatic heterocycles. The molecule has 212 valence electrons. The first kappa shape index (κ1) is 28.6. The van der Waals surface area contributed by atoms with Crippen molar-refractivity contribution in [1.82, 2.24) is 19.4 Å². The largest absolute Gasteiger partial charge is 0.481 e. The average Bonchev–Trinajstić information content (AvgIpc) is 3.26. The third kappa shape index (κ3) is 6.08. The number of fused-ring (bicyclic) bond motifs is 1. The number of aliphatic carboxylic acids is 1. The topological polar surface area (TPSA) is 158 Å². The second-order valence-electron chi connectivity index (χ2n) is 10.6. The van der Waals surface area contributed by atoms with E-state index < -0.39 is 23.7 Å². The van der Waals surface area contributed by atoms with Crippen LogP contribution in [0.4, 0.5) is 5.69 Å². The molecule has 40 heavy (non-hydrogen) atoms. The van der Waals surface area contributed by atoms with Gasteiger partial charge >= 0.3 is 5.97 Å². The highest BCUT2D eigenvalue weighted by Crippen LogP contribution is 2.32. The van der Waals surface area contributed by atoms with Crippen LogP contribution in [0, 0.1) is 5.41 Å². The van der Waals surface area contributed by atoms with Crippen molar-refractivity contribution in [3.63, 3.8) is 0 Å². The number of benzene rings is 2. The van der Waals surface area contributed by atoms with Gasteiger partial charge in [-0.1, -0.05) is 6.07 Å². The van der Waals surface area contributed by atoms with E-state index in [0.717, 1.165) is 47.4 Å². The number of nitrogen functional groups attached to an aromatic ring is 1. The van der Waals surface area contributed by atoms with Crippen LogP contribution in [0.3, 0.4) is 0 Å². The predicted octanol–water partition coefficient (Wildman–Crippen LogP) is 2.67. The molecule has 0 spiro atoms. The predicted molar refractivity (Wildman–Crippen MR) is 153 cm³/mol. The molecule has 2 aromatic carbocycles. The molecular formula is C29H37N7O4. The Morgan fingerprint density at radius 3 is 2.42 bits per heavy atom. The fourth-order valence-corrected chi connectivity index (χ4v) is 5.25. The molecule has 0 aliphatic carbocycles. The number of imidazole rings is 1. The average molecular weight is 548 g/mol. The number of carboxylic acid groups (broad SMARTS) is 1. The normalized spacial score (nSPS) is 14.9. The maximum atomic E-state index is 13.9. The summed E-state index contributed by atoms with van der Waals surface area (Å²) >= 11 is 0. The van der Waals surface area contributed by atoms with Crippen molar-refractivity contribution in [2.75, 3.05) is 32.0 Å². The number of carbonyl (C=O) groups is 3. The highest BCUT2D eigenvalue weighted by molar-refractivity contribution is 5.95. The van der Waals surface area contributed by atoms with Crippen molar-refractivity contribution in [1.29, 1.82) is 5.41 Å². The van der Waals surface area contributed by atoms with Crippen LogP contribution >= 0.6 is 0 Å². The molecule has 1 aromatic heterocycles. The summed E-state index contributed by atoms with van der Waals surface area (Å²) in [6, 6.07) is 13.0. The maximum absolute atomic E-state index is 13.9. The number of likely N-dealkylation sites (tertiary alicyclic amines) is 1. The first-order valence-electron chi connectivity index (χ1n) is 13.4. The molecule has 1 saturated heterocycles. The molecular weight excluding hydrogens is 510 g/mol. The fourth-order valence-electron chi connectivity index (χ4n) is 5.25. The lowest BCUT2D eigenvalue weighted by Crippen LogP contribution is -2.53. The van der Waals surface area contributed by atoms with Crippen molar-refractivity contribution >= 4 is 40.3 Å². The molecule has 11 heteroatoms. The number of nitrogens with one attached hydrogen (secondary N) is 2. The van der Waals surface area contributed by atoms with Gasteiger partial charge in [-0.15, -0.1) is 0 Å². The fraction of sp³-hybridized carbons (Fsp3) is 0.414. The Morgan fingerprint density at radius 1 is 1.12 bits per heavy atom. The van der Waals surface area contributed by atoms with Gasteiger partial charge in [0.05, 0.1) is 23.0 Å². The number of aromatic nitrogens is 2. The van der Waals surface area contributed by atoms with E-state index in [0.29, 0.717) is 25.2 Å². The van der Waals surface area contributed by atoms with Gasteiger partial charge in [-0.25, -0.2) is 4.98 Å². The number of anilines is 1. The van der Waals surface area contributed by atoms with Crippen LogP contribution < -0.4 is 11.1 Å². The van der Waals surface area contributed by atoms with Gasteiger partial charge in [-0.2, -0.15) is 0 Å². The Bertz CT molecular complexity index is 1430. The second-order valence-corrected chi connectivity index (χ2v) is 10.6. The van der Waals surface area contributed by atoms with Crippen LogP contribution in [-0.2, 0) is 33.4 Å². The number of aryl methyl sites for hydroxylation is 1. The summed E-state index contributed by atoms with van der Waals surface area (Å²) < 4.78 is 1.99. The molecule has 2 heterocycles. The number of hydrogen-bond donors (Lipinski definition) is 4. The number of nitrogens with two attached hydrogens (primary N) is 1. The van der Waals surface area contributed by atoms with Crippen molar-refractivity contribution in [2.24, 2.45) is 12.8 Å². The smallest absolute Gasteiger partial charge is 0.312 e. The van der Waals surface area contributed by atoms with Crippen LogP contribution in [0.25, 0.3) is 11.0 Å². The van der Waals surface area contributed by atoms with Gasteiger partial charge in [0, 0.05) is 45.0 Å². The molecule has 0 radical (unpaired) electrons. The Balaban J connectivity index is 1.63. The van der Waals surface area contributed by atoms with Gasteiger partial charge in [-0.3, -0.25) is 19.8 Å². The monoisotopic (exact) mass is 547 g/mol. The first-order valence-corrected chi connectivity index (χ1v) is 13.4. The third-order valence-corrected chi connectivity index (χ3v) is 7.65. The van der Waals surface area contributed by atoms with E-state index in [-0.39, 0.29) is 18.3 Å². The molecule has 1 aliphatic rings. The lowest BCUT2D eigenvalue weighted by Gasteiger charge is -2.39. The SMILES string of the molecule is CN(CC(C)(C(=O)N1CCCCC1)c1ccc2c(c1)nc(CNc1ccc(C(=N)N)cc1)n2C)C(=O)CC(=O)O. The molecule has 0 saturated carbocycles. The Hall–Kier alpha value is -4.41. The Kier molecular flexibility index (Phi) is 8.41. The van der Waals surface area contributed by atoms with Crippen LogP contribution in [-0.4, -0.2) is 74.8 Å². The van der Waals surface area contributed by atoms with Crippen molar-refractivity contribution in [2.45, 2.75) is 44.6 Å². The van der Waals surface area contributed by atoms with E-state index in [1.807, 2.05) is 53.8 Å². The lowest BCUT2D eigenvalue weighted by molar-refractivity contribution is -0.144. The van der Waals surface area contributed by atoms with Gasteiger partial charge in [0.1, 0.15) is 18.1 Å². The molecule has 1 unspecified atom stereocenters. The van der Waals surface area contributed by atoms with Gasteiger partial charge in [0.2, 0.25) is 11.8 Å². The molecule has 1 fully saturated rings. The zero-order chi connectivity index (χ0) is 29.0. The number of rotatable bonds is 10. The van der Waals surface area contributed by atoms with E-state index in [4.69, 9.17) is 21.2 Å². The van der Waals surface area contributed by atoms with E-state index in [9.17, 15) is 14.4 Å². The van der Waals surface area contributed by atoms with Crippen LogP contribution in [0.2, 0.25) is 0 Å². The van der Waals surface area contributed by atoms with Crippen molar-refractivity contribution < 1.29 is 19.5 Å². The zero-order valence-electron chi connectivity index (χ0n) is 23.2. The summed E-state index contributed by atoms with van der Waals surface area (Å²) in [5.41, 5.74) is 8.32. The van der Waals surface area contributed by atoms with E-state index in [1.54, 1.807) is 19.2 Å². The zero-order valence-corrected chi connectivity index (χ0v) is 23.2. The minimum atomic E-state index is -1.20. The summed E-state index contributed by atoms with van der Waals surface area (Å²) in [5, 5.41) is 20.0. The highest BCUT2D eigenvalue weighted by Gasteiger charge is 2.41. The molecule has 2 amide bonds. The van der Waals surface area contributed by atoms with Gasteiger partial charge in [0.15, 0.2) is 0 Å². The van der Waals surface area contributed by atoms with Crippen molar-refractivity contribution in [3.05, 3.63) is 59.4 Å². The number of carboxylic acids is 1. The standard InChI is InChI=1S/C29H37N7O4/c1-29(18-34(2)25(37)16-26(38)39,28(40)36-13-5-4-6-14-36)20-9-12-23-22(15-20)33-24(35(23)3)17-32-21-10-7-19(8-11-21)27(30)31/h7-12,15,32H,4-6,13-14,16-18H2,1-3H3,(H3,30,31)(H,38,39). The van der Waals surface area contributed by atoms with Gasteiger partial charge in [0.25, 0.3) is 0 Å². The van der Waals surface area contributed by atoms with Crippen LogP contribution in [0.15, 0.2) is 42.5 Å². The van der Waals surface area contributed by atoms with Gasteiger partial charge < -0.3 is 30.5 Å². The van der Waals surface area contributed by atoms with E-state index in [1.165, 1.54) is 4.90 Å². The molecule has 3 aromatic rings. The van der Waals surface area contributed by atoms with Crippen LogP contribution in [0.5, 0.6) is 0 Å². The summed E-state index contributed by atoms with van der Waals surface area (Å²) in [6.45, 7) is 3.66. The summed E-state index contributed by atoms with van der Waals surface area (Å²) in [4.78, 5) is 45.7. The molecule has 5 N–H and O–H groups in total. The number of likely N-dealkylation sites (N-methyl/N-ethyl adjacent to an activating group) is 1. The summed E-state index contributed by atoms with van der Waals surface area (Å²) in [6.07, 6.45) is 2.32. The molecule has 4 rings (SSSR count). The number of nitrogens with zero attached hydrogens (tertiary/aromatic N) is 4. The number of amidine groups is 1.